The summed E-state index contributed by atoms with van der Waals surface area (Å²) in [5.41, 5.74) is 0.576. The lowest BCUT2D eigenvalue weighted by atomic mass is 10.1. The SMILES string of the molecule is O=C(O)Cc1nn(C2CC2)c2cc(Br)ccc2c1=O. The van der Waals surface area contributed by atoms with Gasteiger partial charge in [-0.25, -0.2) is 0 Å². The summed E-state index contributed by atoms with van der Waals surface area (Å²) in [7, 11) is 0. The van der Waals surface area contributed by atoms with Crippen molar-refractivity contribution in [2.75, 3.05) is 0 Å². The first-order valence-electron chi connectivity index (χ1n) is 5.99. The fourth-order valence-electron chi connectivity index (χ4n) is 2.13. The number of benzene rings is 1. The van der Waals surface area contributed by atoms with Gasteiger partial charge in [-0.15, -0.1) is 0 Å². The normalized spacial score (nSPS) is 14.8. The fraction of sp³-hybridized carbons (Fsp3) is 0.308. The molecule has 0 saturated heterocycles. The first kappa shape index (κ1) is 12.3. The second-order valence-electron chi connectivity index (χ2n) is 4.68. The molecule has 1 aliphatic rings. The summed E-state index contributed by atoms with van der Waals surface area (Å²) in [5, 5.41) is 13.6. The van der Waals surface area contributed by atoms with Crippen molar-refractivity contribution in [3.63, 3.8) is 0 Å². The lowest BCUT2D eigenvalue weighted by Gasteiger charge is -2.10. The molecule has 0 atom stereocenters. The summed E-state index contributed by atoms with van der Waals surface area (Å²) >= 11 is 3.38. The highest BCUT2D eigenvalue weighted by Gasteiger charge is 2.27. The van der Waals surface area contributed by atoms with Crippen LogP contribution in [-0.2, 0) is 11.2 Å². The first-order chi connectivity index (χ1) is 9.06. The molecule has 2 aromatic rings. The van der Waals surface area contributed by atoms with Crippen molar-refractivity contribution in [1.82, 2.24) is 9.78 Å². The molecule has 6 heteroatoms. The molecule has 1 aromatic heterocycles. The van der Waals surface area contributed by atoms with E-state index in [4.69, 9.17) is 5.11 Å². The van der Waals surface area contributed by atoms with Crippen molar-refractivity contribution < 1.29 is 9.90 Å². The quantitative estimate of drug-likeness (QED) is 0.939. The van der Waals surface area contributed by atoms with Crippen molar-refractivity contribution in [2.24, 2.45) is 0 Å². The number of aromatic nitrogens is 2. The molecule has 0 aliphatic heterocycles. The largest absolute Gasteiger partial charge is 0.481 e. The lowest BCUT2D eigenvalue weighted by Crippen LogP contribution is -2.21. The van der Waals surface area contributed by atoms with Crippen LogP contribution in [0.1, 0.15) is 24.6 Å². The maximum atomic E-state index is 12.2. The number of aliphatic carboxylic acids is 1. The summed E-state index contributed by atoms with van der Waals surface area (Å²) < 4.78 is 2.67. The molecule has 1 fully saturated rings. The van der Waals surface area contributed by atoms with E-state index in [1.165, 1.54) is 0 Å². The Kier molecular flexibility index (Phi) is 2.89. The van der Waals surface area contributed by atoms with E-state index in [0.717, 1.165) is 22.8 Å². The van der Waals surface area contributed by atoms with Gasteiger partial charge in [0.25, 0.3) is 0 Å². The first-order valence-corrected chi connectivity index (χ1v) is 6.78. The van der Waals surface area contributed by atoms with Gasteiger partial charge in [0.05, 0.1) is 18.0 Å². The monoisotopic (exact) mass is 322 g/mol. The molecule has 1 aromatic carbocycles. The molecule has 1 aliphatic carbocycles. The third-order valence-corrected chi connectivity index (χ3v) is 3.65. The second-order valence-corrected chi connectivity index (χ2v) is 5.60. The number of halogens is 1. The number of carbonyl (C=O) groups is 1. The molecule has 5 nitrogen and oxygen atoms in total. The van der Waals surface area contributed by atoms with E-state index in [1.54, 1.807) is 16.8 Å². The van der Waals surface area contributed by atoms with Crippen LogP contribution in [0.2, 0.25) is 0 Å². The van der Waals surface area contributed by atoms with Gasteiger partial charge in [0.2, 0.25) is 5.43 Å². The predicted octanol–water partition coefficient (Wildman–Crippen LogP) is 2.12. The standard InChI is InChI=1S/C13H11BrN2O3/c14-7-1-4-9-11(5-7)16(8-2-3-8)15-10(13(9)19)6-12(17)18/h1,4-5,8H,2-3,6H2,(H,17,18). The van der Waals surface area contributed by atoms with Gasteiger partial charge in [-0.3, -0.25) is 14.3 Å². The van der Waals surface area contributed by atoms with E-state index >= 15 is 0 Å². The van der Waals surface area contributed by atoms with Gasteiger partial charge in [-0.2, -0.15) is 5.10 Å². The fourth-order valence-corrected chi connectivity index (χ4v) is 2.48. The molecular weight excluding hydrogens is 312 g/mol. The summed E-state index contributed by atoms with van der Waals surface area (Å²) in [5.74, 6) is -1.04. The number of nitrogens with zero attached hydrogens (tertiary/aromatic N) is 2. The summed E-state index contributed by atoms with van der Waals surface area (Å²) in [6.45, 7) is 0. The van der Waals surface area contributed by atoms with E-state index < -0.39 is 5.97 Å². The highest BCUT2D eigenvalue weighted by Crippen LogP contribution is 2.36. The smallest absolute Gasteiger partial charge is 0.309 e. The Labute approximate surface area is 117 Å². The number of hydrogen-bond acceptors (Lipinski definition) is 3. The van der Waals surface area contributed by atoms with Gasteiger partial charge < -0.3 is 5.11 Å². The maximum Gasteiger partial charge on any atom is 0.309 e. The van der Waals surface area contributed by atoms with Crippen molar-refractivity contribution >= 4 is 32.8 Å². The Morgan fingerprint density at radius 3 is 2.84 bits per heavy atom. The summed E-state index contributed by atoms with van der Waals surface area (Å²) in [4.78, 5) is 23.0. The summed E-state index contributed by atoms with van der Waals surface area (Å²) in [6, 6.07) is 5.64. The highest BCUT2D eigenvalue weighted by molar-refractivity contribution is 9.10. The zero-order valence-corrected chi connectivity index (χ0v) is 11.6. The molecule has 0 bridgehead atoms. The molecule has 98 valence electrons. The molecule has 1 saturated carbocycles. The molecule has 0 amide bonds. The second kappa shape index (κ2) is 4.45. The van der Waals surface area contributed by atoms with E-state index in [2.05, 4.69) is 21.0 Å². The topological polar surface area (TPSA) is 72.2 Å². The molecule has 0 radical (unpaired) electrons. The van der Waals surface area contributed by atoms with Crippen LogP contribution in [0.25, 0.3) is 10.9 Å². The minimum atomic E-state index is -1.04. The van der Waals surface area contributed by atoms with Crippen molar-refractivity contribution in [2.45, 2.75) is 25.3 Å². The Morgan fingerprint density at radius 2 is 2.21 bits per heavy atom. The molecular formula is C13H11BrN2O3. The van der Waals surface area contributed by atoms with E-state index in [0.29, 0.717) is 5.39 Å². The van der Waals surface area contributed by atoms with Crippen LogP contribution in [0.3, 0.4) is 0 Å². The van der Waals surface area contributed by atoms with Crippen molar-refractivity contribution in [3.8, 4) is 0 Å². The van der Waals surface area contributed by atoms with Crippen LogP contribution in [0.5, 0.6) is 0 Å². The maximum absolute atomic E-state index is 12.2. The number of rotatable bonds is 3. The molecule has 0 unspecified atom stereocenters. The molecule has 3 rings (SSSR count). The number of carboxylic acids is 1. The third-order valence-electron chi connectivity index (χ3n) is 3.15. The van der Waals surface area contributed by atoms with Gasteiger partial charge in [0, 0.05) is 9.86 Å². The van der Waals surface area contributed by atoms with E-state index in [-0.39, 0.29) is 23.6 Å². The molecule has 19 heavy (non-hydrogen) atoms. The van der Waals surface area contributed by atoms with Crippen LogP contribution in [-0.4, -0.2) is 20.9 Å². The van der Waals surface area contributed by atoms with E-state index in [9.17, 15) is 9.59 Å². The Bertz CT molecular complexity index is 734. The average molecular weight is 323 g/mol. The van der Waals surface area contributed by atoms with Crippen LogP contribution < -0.4 is 5.43 Å². The average Bonchev–Trinajstić information content (AvgIpc) is 3.16. The third kappa shape index (κ3) is 2.28. The molecule has 1 N–H and O–H groups in total. The zero-order chi connectivity index (χ0) is 13.6. The zero-order valence-electron chi connectivity index (χ0n) is 9.97. The number of hydrogen-bond donors (Lipinski definition) is 1. The van der Waals surface area contributed by atoms with Crippen LogP contribution in [0.4, 0.5) is 0 Å². The Balaban J connectivity index is 2.30. The number of carboxylic acid groups (broad SMARTS) is 1. The van der Waals surface area contributed by atoms with Gasteiger partial charge in [0.1, 0.15) is 5.69 Å². The molecule has 0 spiro atoms. The van der Waals surface area contributed by atoms with Crippen LogP contribution in [0, 0.1) is 0 Å². The van der Waals surface area contributed by atoms with Crippen molar-refractivity contribution in [1.29, 1.82) is 0 Å². The molecule has 1 heterocycles. The minimum absolute atomic E-state index is 0.106. The van der Waals surface area contributed by atoms with Gasteiger partial charge in [-0.05, 0) is 31.0 Å². The van der Waals surface area contributed by atoms with E-state index in [1.807, 2.05) is 6.07 Å². The van der Waals surface area contributed by atoms with Gasteiger partial charge in [0.15, 0.2) is 0 Å². The predicted molar refractivity (Wildman–Crippen MR) is 73.3 cm³/mol. The van der Waals surface area contributed by atoms with Crippen LogP contribution in [0.15, 0.2) is 27.5 Å². The highest BCUT2D eigenvalue weighted by atomic mass is 79.9. The van der Waals surface area contributed by atoms with Gasteiger partial charge in [-0.1, -0.05) is 15.9 Å². The Hall–Kier alpha value is -1.69. The van der Waals surface area contributed by atoms with Crippen molar-refractivity contribution in [3.05, 3.63) is 38.6 Å². The van der Waals surface area contributed by atoms with Gasteiger partial charge >= 0.3 is 5.97 Å². The number of fused-ring (bicyclic) bond motifs is 1. The summed E-state index contributed by atoms with van der Waals surface area (Å²) in [6.07, 6.45) is 1.70. The minimum Gasteiger partial charge on any atom is -0.481 e. The lowest BCUT2D eigenvalue weighted by molar-refractivity contribution is -0.136. The Morgan fingerprint density at radius 1 is 1.47 bits per heavy atom. The van der Waals surface area contributed by atoms with Crippen LogP contribution >= 0.6 is 15.9 Å².